The summed E-state index contributed by atoms with van der Waals surface area (Å²) in [5, 5.41) is 13.6. The van der Waals surface area contributed by atoms with Crippen LogP contribution in [-0.2, 0) is 16.3 Å². The number of rotatable bonds is 8. The van der Waals surface area contributed by atoms with Crippen LogP contribution in [0.3, 0.4) is 0 Å². The van der Waals surface area contributed by atoms with E-state index in [1.54, 1.807) is 28.7 Å². The molecule has 0 spiro atoms. The summed E-state index contributed by atoms with van der Waals surface area (Å²) in [6.45, 7) is 5.42. The summed E-state index contributed by atoms with van der Waals surface area (Å²) in [5.74, 6) is -2.68. The van der Waals surface area contributed by atoms with E-state index in [-0.39, 0.29) is 35.5 Å². The summed E-state index contributed by atoms with van der Waals surface area (Å²) in [6.07, 6.45) is 9.84. The van der Waals surface area contributed by atoms with Gasteiger partial charge in [-0.3, -0.25) is 14.3 Å². The number of nitrogens with zero attached hydrogens (tertiary/aromatic N) is 6. The van der Waals surface area contributed by atoms with E-state index < -0.39 is 35.1 Å². The molecule has 1 aliphatic rings. The van der Waals surface area contributed by atoms with Crippen molar-refractivity contribution in [1.29, 1.82) is 0 Å². The molecule has 3 N–H and O–H groups in total. The van der Waals surface area contributed by atoms with Crippen molar-refractivity contribution < 1.29 is 23.1 Å². The van der Waals surface area contributed by atoms with E-state index in [2.05, 4.69) is 25.5 Å². The van der Waals surface area contributed by atoms with Gasteiger partial charge in [0.25, 0.3) is 5.91 Å². The van der Waals surface area contributed by atoms with Gasteiger partial charge in [0.1, 0.15) is 28.1 Å². The molecule has 4 heterocycles. The highest BCUT2D eigenvalue weighted by molar-refractivity contribution is 7.13. The van der Waals surface area contributed by atoms with Crippen LogP contribution in [0.25, 0.3) is 22.0 Å². The maximum absolute atomic E-state index is 14.7. The molecule has 1 fully saturated rings. The average molecular weight is 599 g/mol. The Kier molecular flexibility index (Phi) is 8.45. The first-order chi connectivity index (χ1) is 20.0. The van der Waals surface area contributed by atoms with Crippen molar-refractivity contribution in [3.63, 3.8) is 0 Å². The monoisotopic (exact) mass is 598 g/mol. The van der Waals surface area contributed by atoms with E-state index in [1.165, 1.54) is 16.0 Å². The molecule has 1 atom stereocenters. The number of pyridine rings is 1. The predicted octanol–water partition coefficient (Wildman–Crippen LogP) is 5.17. The van der Waals surface area contributed by atoms with Gasteiger partial charge in [-0.25, -0.2) is 19.0 Å². The Bertz CT molecular complexity index is 1590. The second kappa shape index (κ2) is 12.1. The summed E-state index contributed by atoms with van der Waals surface area (Å²) in [4.78, 5) is 33.6. The van der Waals surface area contributed by atoms with Gasteiger partial charge < -0.3 is 15.8 Å². The van der Waals surface area contributed by atoms with Crippen molar-refractivity contribution >= 4 is 28.9 Å². The number of esters is 1. The molecule has 222 valence electrons. The number of anilines is 1. The zero-order chi connectivity index (χ0) is 30.0. The first kappa shape index (κ1) is 29.5. The van der Waals surface area contributed by atoms with Crippen LogP contribution in [0, 0.1) is 17.2 Å². The molecular formula is C28H32F2N8O3S. The SMILES string of the molecule is CC(C)(C)[C@H](N)C(=O)OCn1cc(-c2nc(C(=O)Nc3cn(C4CCCCC4)nc3-c3nc(F)ccc3F)cs2)cn1. The number of nitrogens with one attached hydrogen (secondary N) is 1. The van der Waals surface area contributed by atoms with Crippen LogP contribution in [-0.4, -0.2) is 47.4 Å². The van der Waals surface area contributed by atoms with Crippen LogP contribution >= 0.6 is 11.3 Å². The van der Waals surface area contributed by atoms with Crippen LogP contribution in [0.15, 0.2) is 36.1 Å². The van der Waals surface area contributed by atoms with Gasteiger partial charge in [0.15, 0.2) is 12.5 Å². The van der Waals surface area contributed by atoms with Crippen molar-refractivity contribution in [3.8, 4) is 22.0 Å². The zero-order valence-corrected chi connectivity index (χ0v) is 24.3. The number of nitrogens with two attached hydrogens (primary N) is 1. The lowest BCUT2D eigenvalue weighted by Gasteiger charge is -2.24. The van der Waals surface area contributed by atoms with Gasteiger partial charge in [-0.2, -0.15) is 14.6 Å². The number of halogens is 2. The van der Waals surface area contributed by atoms with E-state index in [1.807, 2.05) is 20.8 Å². The standard InChI is InChI=1S/C28H32F2N8O3S/c1-28(2,3)24(31)27(40)41-15-37-12-16(11-32-37)26-34-20(14-42-26)25(39)33-19-13-38(17-7-5-4-6-8-17)36-23(19)22-18(29)9-10-21(30)35-22/h9-14,17,24H,4-8,15,31H2,1-3H3,(H,33,39)/t24-/m1/s1. The minimum absolute atomic E-state index is 0.0448. The number of aromatic nitrogens is 6. The molecular weight excluding hydrogens is 566 g/mol. The van der Waals surface area contributed by atoms with Gasteiger partial charge in [-0.1, -0.05) is 40.0 Å². The first-order valence-corrected chi connectivity index (χ1v) is 14.5. The van der Waals surface area contributed by atoms with Crippen LogP contribution < -0.4 is 11.1 Å². The Morgan fingerprint density at radius 2 is 1.90 bits per heavy atom. The van der Waals surface area contributed by atoms with E-state index >= 15 is 0 Å². The van der Waals surface area contributed by atoms with E-state index in [9.17, 15) is 18.4 Å². The largest absolute Gasteiger partial charge is 0.441 e. The Balaban J connectivity index is 1.32. The maximum atomic E-state index is 14.7. The number of thiazole rings is 1. The Morgan fingerprint density at radius 1 is 1.14 bits per heavy atom. The number of amides is 1. The number of ether oxygens (including phenoxy) is 1. The molecule has 14 heteroatoms. The fraction of sp³-hybridized carbons (Fsp3) is 0.429. The molecule has 1 amide bonds. The predicted molar refractivity (Wildman–Crippen MR) is 152 cm³/mol. The van der Waals surface area contributed by atoms with Gasteiger partial charge in [0, 0.05) is 23.3 Å². The summed E-state index contributed by atoms with van der Waals surface area (Å²) in [6, 6.07) is 1.22. The van der Waals surface area contributed by atoms with Crippen molar-refractivity contribution in [2.75, 3.05) is 5.32 Å². The summed E-state index contributed by atoms with van der Waals surface area (Å²) in [5.41, 5.74) is 6.21. The van der Waals surface area contributed by atoms with Gasteiger partial charge in [0.05, 0.1) is 17.9 Å². The summed E-state index contributed by atoms with van der Waals surface area (Å²) in [7, 11) is 0. The topological polar surface area (TPSA) is 143 Å². The normalized spacial score (nSPS) is 15.0. The lowest BCUT2D eigenvalue weighted by molar-refractivity contribution is -0.152. The second-order valence-corrected chi connectivity index (χ2v) is 12.2. The van der Waals surface area contributed by atoms with Crippen LogP contribution in [0.5, 0.6) is 0 Å². The first-order valence-electron chi connectivity index (χ1n) is 13.6. The zero-order valence-electron chi connectivity index (χ0n) is 23.5. The highest BCUT2D eigenvalue weighted by Gasteiger charge is 2.29. The van der Waals surface area contributed by atoms with E-state index in [4.69, 9.17) is 10.5 Å². The minimum Gasteiger partial charge on any atom is -0.441 e. The molecule has 1 aliphatic carbocycles. The van der Waals surface area contributed by atoms with Crippen molar-refractivity contribution in [1.82, 2.24) is 29.5 Å². The third-order valence-electron chi connectivity index (χ3n) is 7.11. The number of carbonyl (C=O) groups is 2. The smallest absolute Gasteiger partial charge is 0.325 e. The molecule has 11 nitrogen and oxygen atoms in total. The van der Waals surface area contributed by atoms with Gasteiger partial charge in [0.2, 0.25) is 5.95 Å². The molecule has 0 aromatic carbocycles. The molecule has 42 heavy (non-hydrogen) atoms. The molecule has 5 rings (SSSR count). The fourth-order valence-corrected chi connectivity index (χ4v) is 5.37. The third-order valence-corrected chi connectivity index (χ3v) is 8.00. The average Bonchev–Trinajstić information content (AvgIpc) is 3.72. The van der Waals surface area contributed by atoms with Crippen LogP contribution in [0.1, 0.15) is 69.4 Å². The lowest BCUT2D eigenvalue weighted by Crippen LogP contribution is -2.43. The van der Waals surface area contributed by atoms with E-state index in [0.29, 0.717) is 10.6 Å². The third kappa shape index (κ3) is 6.54. The summed E-state index contributed by atoms with van der Waals surface area (Å²) >= 11 is 1.22. The van der Waals surface area contributed by atoms with Crippen LogP contribution in [0.2, 0.25) is 0 Å². The quantitative estimate of drug-likeness (QED) is 0.209. The molecule has 0 bridgehead atoms. The van der Waals surface area contributed by atoms with Crippen LogP contribution in [0.4, 0.5) is 14.5 Å². The highest BCUT2D eigenvalue weighted by atomic mass is 32.1. The molecule has 0 unspecified atom stereocenters. The Hall–Kier alpha value is -4.04. The molecule has 0 saturated heterocycles. The van der Waals surface area contributed by atoms with Crippen molar-refractivity contribution in [2.24, 2.45) is 11.1 Å². The number of hydrogen-bond acceptors (Lipinski definition) is 9. The van der Waals surface area contributed by atoms with Gasteiger partial charge in [-0.05, 0) is 30.4 Å². The molecule has 0 aliphatic heterocycles. The Morgan fingerprint density at radius 3 is 2.64 bits per heavy atom. The molecule has 0 radical (unpaired) electrons. The van der Waals surface area contributed by atoms with Gasteiger partial charge >= 0.3 is 5.97 Å². The molecule has 4 aromatic heterocycles. The number of carbonyl (C=O) groups excluding carboxylic acids is 2. The summed E-state index contributed by atoms with van der Waals surface area (Å²) < 4.78 is 37.0. The maximum Gasteiger partial charge on any atom is 0.325 e. The van der Waals surface area contributed by atoms with Crippen molar-refractivity contribution in [3.05, 3.63) is 53.6 Å². The minimum atomic E-state index is -0.854. The lowest BCUT2D eigenvalue weighted by atomic mass is 9.87. The number of hydrogen-bond donors (Lipinski definition) is 2. The second-order valence-electron chi connectivity index (χ2n) is 11.3. The highest BCUT2D eigenvalue weighted by Crippen LogP contribution is 2.34. The molecule has 4 aromatic rings. The van der Waals surface area contributed by atoms with Gasteiger partial charge in [-0.15, -0.1) is 11.3 Å². The molecule has 1 saturated carbocycles. The fourth-order valence-electron chi connectivity index (χ4n) is 4.59. The van der Waals surface area contributed by atoms with E-state index in [0.717, 1.165) is 44.2 Å². The van der Waals surface area contributed by atoms with Crippen molar-refractivity contribution in [2.45, 2.75) is 71.7 Å². The Labute approximate surface area is 245 Å².